The maximum Gasteiger partial charge on any atom is 0.160 e. The number of hydrogen-bond donors (Lipinski definition) is 1. The zero-order chi connectivity index (χ0) is 13.0. The van der Waals surface area contributed by atoms with Crippen LogP contribution in [0, 0.1) is 0 Å². The van der Waals surface area contributed by atoms with Crippen LogP contribution in [0.4, 0.5) is 0 Å². The maximum atomic E-state index is 10.0. The Balaban J connectivity index is 1.94. The first-order valence-electron chi connectivity index (χ1n) is 5.92. The summed E-state index contributed by atoms with van der Waals surface area (Å²) in [6, 6.07) is 5.72. The first-order chi connectivity index (χ1) is 8.69. The molecule has 1 saturated heterocycles. The molecule has 0 aliphatic carbocycles. The molecule has 18 heavy (non-hydrogen) atoms. The molecule has 1 N–H and O–H groups in total. The zero-order valence-corrected chi connectivity index (χ0v) is 11.9. The van der Waals surface area contributed by atoms with E-state index in [1.807, 2.05) is 18.2 Å². The fourth-order valence-electron chi connectivity index (χ4n) is 1.94. The van der Waals surface area contributed by atoms with Crippen LogP contribution in [0.15, 0.2) is 22.7 Å². The average Bonchev–Trinajstić information content (AvgIpc) is 2.84. The van der Waals surface area contributed by atoms with Gasteiger partial charge in [0.05, 0.1) is 26.4 Å². The zero-order valence-electron chi connectivity index (χ0n) is 10.3. The highest BCUT2D eigenvalue weighted by molar-refractivity contribution is 9.10. The molecule has 2 rings (SSSR count). The van der Waals surface area contributed by atoms with Crippen molar-refractivity contribution in [3.63, 3.8) is 0 Å². The van der Waals surface area contributed by atoms with Crippen molar-refractivity contribution in [3.05, 3.63) is 28.2 Å². The molecule has 1 aromatic carbocycles. The predicted molar refractivity (Wildman–Crippen MR) is 70.7 cm³/mol. The summed E-state index contributed by atoms with van der Waals surface area (Å²) in [5, 5.41) is 10.0. The lowest BCUT2D eigenvalue weighted by Crippen LogP contribution is -2.20. The number of halogens is 1. The summed E-state index contributed by atoms with van der Waals surface area (Å²) < 4.78 is 16.8. The van der Waals surface area contributed by atoms with Crippen molar-refractivity contribution in [1.29, 1.82) is 0 Å². The van der Waals surface area contributed by atoms with E-state index in [4.69, 9.17) is 14.2 Å². The molecule has 0 bridgehead atoms. The first kappa shape index (κ1) is 13.8. The summed E-state index contributed by atoms with van der Waals surface area (Å²) in [6.07, 6.45) is 0.269. The second-order valence-electron chi connectivity index (χ2n) is 4.22. The van der Waals surface area contributed by atoms with Gasteiger partial charge in [-0.15, -0.1) is 0 Å². The highest BCUT2D eigenvalue weighted by Crippen LogP contribution is 2.25. The summed E-state index contributed by atoms with van der Waals surface area (Å²) in [5.41, 5.74) is 1.01. The van der Waals surface area contributed by atoms with Crippen LogP contribution in [0.3, 0.4) is 0 Å². The van der Waals surface area contributed by atoms with Crippen LogP contribution in [0.2, 0.25) is 0 Å². The van der Waals surface area contributed by atoms with Crippen molar-refractivity contribution < 1.29 is 19.3 Å². The molecule has 1 atom stereocenters. The number of rotatable bonds is 5. The van der Waals surface area contributed by atoms with Gasteiger partial charge in [0.1, 0.15) is 5.75 Å². The Labute approximate surface area is 115 Å². The van der Waals surface area contributed by atoms with Crippen LogP contribution in [-0.4, -0.2) is 37.8 Å². The van der Waals surface area contributed by atoms with E-state index >= 15 is 0 Å². The molecule has 1 heterocycles. The normalized spacial score (nSPS) is 17.9. The van der Waals surface area contributed by atoms with E-state index < -0.39 is 6.10 Å². The van der Waals surface area contributed by atoms with E-state index in [0.29, 0.717) is 26.1 Å². The highest BCUT2D eigenvalue weighted by atomic mass is 79.9. The van der Waals surface area contributed by atoms with Gasteiger partial charge in [-0.05, 0) is 30.2 Å². The SMILES string of the molecule is COc1ccc(Br)c(CC(O)CC2OCCO2)c1. The van der Waals surface area contributed by atoms with Crippen molar-refractivity contribution in [1.82, 2.24) is 0 Å². The van der Waals surface area contributed by atoms with Gasteiger partial charge in [-0.3, -0.25) is 0 Å². The summed E-state index contributed by atoms with van der Waals surface area (Å²) in [4.78, 5) is 0. The summed E-state index contributed by atoms with van der Waals surface area (Å²) >= 11 is 3.47. The van der Waals surface area contributed by atoms with Gasteiger partial charge in [0.25, 0.3) is 0 Å². The number of aliphatic hydroxyl groups is 1. The Hall–Kier alpha value is -0.620. The number of benzene rings is 1. The first-order valence-corrected chi connectivity index (χ1v) is 6.72. The summed E-state index contributed by atoms with van der Waals surface area (Å²) in [5.74, 6) is 0.786. The molecule has 1 aromatic rings. The van der Waals surface area contributed by atoms with Crippen molar-refractivity contribution in [3.8, 4) is 5.75 Å². The van der Waals surface area contributed by atoms with E-state index in [1.54, 1.807) is 7.11 Å². The number of aliphatic hydroxyl groups excluding tert-OH is 1. The minimum absolute atomic E-state index is 0.274. The monoisotopic (exact) mass is 316 g/mol. The largest absolute Gasteiger partial charge is 0.497 e. The molecule has 0 saturated carbocycles. The lowest BCUT2D eigenvalue weighted by atomic mass is 10.1. The van der Waals surface area contributed by atoms with Gasteiger partial charge in [-0.25, -0.2) is 0 Å². The smallest absolute Gasteiger partial charge is 0.160 e. The topological polar surface area (TPSA) is 47.9 Å². The minimum atomic E-state index is -0.489. The molecule has 1 unspecified atom stereocenters. The second-order valence-corrected chi connectivity index (χ2v) is 5.08. The number of ether oxygens (including phenoxy) is 3. The van der Waals surface area contributed by atoms with Crippen LogP contribution in [-0.2, 0) is 15.9 Å². The fraction of sp³-hybridized carbons (Fsp3) is 0.538. The van der Waals surface area contributed by atoms with E-state index in [9.17, 15) is 5.11 Å². The maximum absolute atomic E-state index is 10.0. The molecule has 1 aliphatic heterocycles. The summed E-state index contributed by atoms with van der Waals surface area (Å²) in [6.45, 7) is 1.22. The molecule has 0 amide bonds. The third kappa shape index (κ3) is 3.68. The highest BCUT2D eigenvalue weighted by Gasteiger charge is 2.20. The lowest BCUT2D eigenvalue weighted by molar-refractivity contribution is -0.0698. The molecule has 0 spiro atoms. The van der Waals surface area contributed by atoms with Crippen molar-refractivity contribution >= 4 is 15.9 Å². The van der Waals surface area contributed by atoms with Crippen LogP contribution >= 0.6 is 15.9 Å². The van der Waals surface area contributed by atoms with Gasteiger partial charge in [-0.1, -0.05) is 15.9 Å². The molecule has 5 heteroatoms. The van der Waals surface area contributed by atoms with Crippen LogP contribution in [0.5, 0.6) is 5.75 Å². The van der Waals surface area contributed by atoms with Gasteiger partial charge >= 0.3 is 0 Å². The lowest BCUT2D eigenvalue weighted by Gasteiger charge is -2.16. The van der Waals surface area contributed by atoms with Gasteiger partial charge in [-0.2, -0.15) is 0 Å². The van der Waals surface area contributed by atoms with Gasteiger partial charge in [0, 0.05) is 10.9 Å². The summed E-state index contributed by atoms with van der Waals surface area (Å²) in [7, 11) is 1.63. The Morgan fingerprint density at radius 2 is 2.17 bits per heavy atom. The van der Waals surface area contributed by atoms with E-state index in [0.717, 1.165) is 15.8 Å². The number of hydrogen-bond acceptors (Lipinski definition) is 4. The van der Waals surface area contributed by atoms with Crippen LogP contribution < -0.4 is 4.74 Å². The van der Waals surface area contributed by atoms with Crippen molar-refractivity contribution in [2.24, 2.45) is 0 Å². The fourth-order valence-corrected chi connectivity index (χ4v) is 2.35. The minimum Gasteiger partial charge on any atom is -0.497 e. The van der Waals surface area contributed by atoms with E-state index in [-0.39, 0.29) is 6.29 Å². The average molecular weight is 317 g/mol. The second kappa shape index (κ2) is 6.52. The molecule has 0 aromatic heterocycles. The molecule has 4 nitrogen and oxygen atoms in total. The Morgan fingerprint density at radius 3 is 2.83 bits per heavy atom. The molecule has 1 fully saturated rings. The van der Waals surface area contributed by atoms with Crippen molar-refractivity contribution in [2.45, 2.75) is 25.2 Å². The Kier molecular flexibility index (Phi) is 5.00. The molecular formula is C13H17BrO4. The standard InChI is InChI=1S/C13H17BrO4/c1-16-11-2-3-12(14)9(7-11)6-10(15)8-13-17-4-5-18-13/h2-3,7,10,13,15H,4-6,8H2,1H3. The van der Waals surface area contributed by atoms with Crippen LogP contribution in [0.1, 0.15) is 12.0 Å². The van der Waals surface area contributed by atoms with Crippen LogP contribution in [0.25, 0.3) is 0 Å². The van der Waals surface area contributed by atoms with Gasteiger partial charge in [0.15, 0.2) is 6.29 Å². The van der Waals surface area contributed by atoms with E-state index in [1.165, 1.54) is 0 Å². The molecule has 0 radical (unpaired) electrons. The third-order valence-corrected chi connectivity index (χ3v) is 3.64. The Bertz CT molecular complexity index is 391. The predicted octanol–water partition coefficient (Wildman–Crippen LogP) is 2.12. The quantitative estimate of drug-likeness (QED) is 0.904. The molecule has 1 aliphatic rings. The van der Waals surface area contributed by atoms with Gasteiger partial charge in [0.2, 0.25) is 0 Å². The molecule has 100 valence electrons. The number of methoxy groups -OCH3 is 1. The van der Waals surface area contributed by atoms with Gasteiger partial charge < -0.3 is 19.3 Å². The Morgan fingerprint density at radius 1 is 1.44 bits per heavy atom. The van der Waals surface area contributed by atoms with E-state index in [2.05, 4.69) is 15.9 Å². The van der Waals surface area contributed by atoms with Crippen molar-refractivity contribution in [2.75, 3.05) is 20.3 Å². The molecular weight excluding hydrogens is 300 g/mol. The third-order valence-electron chi connectivity index (χ3n) is 2.86.